The van der Waals surface area contributed by atoms with Crippen LogP contribution in [0.5, 0.6) is 5.75 Å². The van der Waals surface area contributed by atoms with Gasteiger partial charge < -0.3 is 20.1 Å². The summed E-state index contributed by atoms with van der Waals surface area (Å²) in [6, 6.07) is 15.0. The highest BCUT2D eigenvalue weighted by atomic mass is 19.1. The third-order valence-electron chi connectivity index (χ3n) is 5.06. The molecular weight excluding hydrogens is 357 g/mol. The summed E-state index contributed by atoms with van der Waals surface area (Å²) >= 11 is 0. The average Bonchev–Trinajstić information content (AvgIpc) is 3.50. The second-order valence-electron chi connectivity index (χ2n) is 7.02. The summed E-state index contributed by atoms with van der Waals surface area (Å²) in [6.07, 6.45) is 1.98. The topological polar surface area (TPSA) is 54.9 Å². The first-order chi connectivity index (χ1) is 13.7. The lowest BCUT2D eigenvalue weighted by molar-refractivity contribution is 0.146. The zero-order valence-corrected chi connectivity index (χ0v) is 16.5. The number of methoxy groups -OCH3 is 1. The van der Waals surface area contributed by atoms with Gasteiger partial charge in [-0.2, -0.15) is 0 Å². The number of guanidine groups is 1. The molecule has 0 radical (unpaired) electrons. The number of ether oxygens (including phenoxy) is 2. The molecule has 28 heavy (non-hydrogen) atoms. The van der Waals surface area contributed by atoms with Gasteiger partial charge in [-0.15, -0.1) is 0 Å². The first-order valence-corrected chi connectivity index (χ1v) is 9.57. The second kappa shape index (κ2) is 9.55. The highest BCUT2D eigenvalue weighted by Gasteiger charge is 2.45. The minimum absolute atomic E-state index is 0.121. The van der Waals surface area contributed by atoms with Gasteiger partial charge >= 0.3 is 0 Å². The summed E-state index contributed by atoms with van der Waals surface area (Å²) in [4.78, 5) is 4.28. The van der Waals surface area contributed by atoms with Gasteiger partial charge in [-0.05, 0) is 42.2 Å². The van der Waals surface area contributed by atoms with Crippen molar-refractivity contribution in [1.82, 2.24) is 10.6 Å². The van der Waals surface area contributed by atoms with Crippen LogP contribution >= 0.6 is 0 Å². The maximum absolute atomic E-state index is 14.1. The molecule has 0 atom stereocenters. The molecule has 0 saturated heterocycles. The SMILES string of the molecule is CN=C(NCc1ccc(OCCOC)cc1)NCC1(c2ccccc2F)CC1. The zero-order valence-electron chi connectivity index (χ0n) is 16.5. The standard InChI is InChI=1S/C22H28FN3O2/c1-24-21(25-15-17-7-9-18(10-8-17)28-14-13-27-2)26-16-22(11-12-22)19-5-3-4-6-20(19)23/h3-10H,11-16H2,1-2H3,(H2,24,25,26). The molecule has 150 valence electrons. The fourth-order valence-corrected chi connectivity index (χ4v) is 3.19. The molecule has 0 bridgehead atoms. The van der Waals surface area contributed by atoms with Crippen LogP contribution in [0, 0.1) is 5.82 Å². The van der Waals surface area contributed by atoms with E-state index in [2.05, 4.69) is 15.6 Å². The van der Waals surface area contributed by atoms with Crippen LogP contribution in [0.4, 0.5) is 4.39 Å². The molecule has 6 heteroatoms. The summed E-state index contributed by atoms with van der Waals surface area (Å²) in [6.45, 7) is 2.42. The van der Waals surface area contributed by atoms with Crippen molar-refractivity contribution in [2.75, 3.05) is 33.9 Å². The van der Waals surface area contributed by atoms with Crippen LogP contribution in [0.2, 0.25) is 0 Å². The van der Waals surface area contributed by atoms with Crippen LogP contribution in [0.15, 0.2) is 53.5 Å². The lowest BCUT2D eigenvalue weighted by atomic mass is 9.95. The van der Waals surface area contributed by atoms with Crippen molar-refractivity contribution in [3.8, 4) is 5.75 Å². The van der Waals surface area contributed by atoms with Crippen molar-refractivity contribution >= 4 is 5.96 Å². The van der Waals surface area contributed by atoms with Crippen LogP contribution in [0.1, 0.15) is 24.0 Å². The minimum atomic E-state index is -0.127. The Balaban J connectivity index is 1.48. The first-order valence-electron chi connectivity index (χ1n) is 9.57. The summed E-state index contributed by atoms with van der Waals surface area (Å²) in [5, 5.41) is 6.66. The fourth-order valence-electron chi connectivity index (χ4n) is 3.19. The lowest BCUT2D eigenvalue weighted by Gasteiger charge is -2.19. The number of hydrogen-bond acceptors (Lipinski definition) is 3. The van der Waals surface area contributed by atoms with Crippen LogP contribution in [-0.4, -0.2) is 39.9 Å². The van der Waals surface area contributed by atoms with Crippen molar-refractivity contribution in [3.05, 3.63) is 65.5 Å². The van der Waals surface area contributed by atoms with Gasteiger partial charge in [0.25, 0.3) is 0 Å². The van der Waals surface area contributed by atoms with E-state index in [4.69, 9.17) is 9.47 Å². The molecular formula is C22H28FN3O2. The predicted molar refractivity (Wildman–Crippen MR) is 109 cm³/mol. The number of hydrogen-bond donors (Lipinski definition) is 2. The van der Waals surface area contributed by atoms with Gasteiger partial charge in [-0.1, -0.05) is 30.3 Å². The van der Waals surface area contributed by atoms with E-state index in [1.165, 1.54) is 6.07 Å². The monoisotopic (exact) mass is 385 g/mol. The van der Waals surface area contributed by atoms with Gasteiger partial charge in [0.1, 0.15) is 18.2 Å². The highest BCUT2D eigenvalue weighted by Crippen LogP contribution is 2.48. The molecule has 1 aliphatic carbocycles. The van der Waals surface area contributed by atoms with E-state index in [1.807, 2.05) is 36.4 Å². The number of benzene rings is 2. The fraction of sp³-hybridized carbons (Fsp3) is 0.409. The minimum Gasteiger partial charge on any atom is -0.491 e. The molecule has 2 aromatic rings. The van der Waals surface area contributed by atoms with E-state index < -0.39 is 0 Å². The van der Waals surface area contributed by atoms with E-state index in [9.17, 15) is 4.39 Å². The van der Waals surface area contributed by atoms with Crippen molar-refractivity contribution in [2.45, 2.75) is 24.8 Å². The van der Waals surface area contributed by atoms with E-state index in [1.54, 1.807) is 20.2 Å². The molecule has 1 fully saturated rings. The van der Waals surface area contributed by atoms with Crippen molar-refractivity contribution in [3.63, 3.8) is 0 Å². The van der Waals surface area contributed by atoms with Gasteiger partial charge in [-0.3, -0.25) is 4.99 Å². The Hall–Kier alpha value is -2.60. The van der Waals surface area contributed by atoms with Gasteiger partial charge in [0.15, 0.2) is 5.96 Å². The summed E-state index contributed by atoms with van der Waals surface area (Å²) in [5.74, 6) is 1.41. The molecule has 3 rings (SSSR count). The smallest absolute Gasteiger partial charge is 0.191 e. The molecule has 5 nitrogen and oxygen atoms in total. The number of nitrogens with one attached hydrogen (secondary N) is 2. The third kappa shape index (κ3) is 5.23. The summed E-state index contributed by atoms with van der Waals surface area (Å²) in [5.41, 5.74) is 1.80. The van der Waals surface area contributed by atoms with Gasteiger partial charge in [0, 0.05) is 32.7 Å². The van der Waals surface area contributed by atoms with E-state index in [-0.39, 0.29) is 11.2 Å². The number of aliphatic imine (C=N–C) groups is 1. The van der Waals surface area contributed by atoms with Crippen LogP contribution < -0.4 is 15.4 Å². The number of rotatable bonds is 9. The van der Waals surface area contributed by atoms with E-state index >= 15 is 0 Å². The van der Waals surface area contributed by atoms with Crippen molar-refractivity contribution < 1.29 is 13.9 Å². The van der Waals surface area contributed by atoms with E-state index in [0.29, 0.717) is 32.3 Å². The Kier molecular flexibility index (Phi) is 6.87. The summed E-state index contributed by atoms with van der Waals surface area (Å²) in [7, 11) is 3.39. The zero-order chi connectivity index (χ0) is 19.8. The quantitative estimate of drug-likeness (QED) is 0.395. The van der Waals surface area contributed by atoms with Crippen molar-refractivity contribution in [1.29, 1.82) is 0 Å². The highest BCUT2D eigenvalue weighted by molar-refractivity contribution is 5.79. The Bertz CT molecular complexity index is 789. The molecule has 0 amide bonds. The molecule has 0 aromatic heterocycles. The van der Waals surface area contributed by atoms with Gasteiger partial charge in [-0.25, -0.2) is 4.39 Å². The van der Waals surface area contributed by atoms with Crippen LogP contribution in [0.3, 0.4) is 0 Å². The average molecular weight is 385 g/mol. The molecule has 0 aliphatic heterocycles. The number of nitrogens with zero attached hydrogens (tertiary/aromatic N) is 1. The van der Waals surface area contributed by atoms with E-state index in [0.717, 1.165) is 29.7 Å². The maximum atomic E-state index is 14.1. The molecule has 2 aromatic carbocycles. The molecule has 0 unspecified atom stereocenters. The van der Waals surface area contributed by atoms with Crippen LogP contribution in [-0.2, 0) is 16.7 Å². The Morgan fingerprint density at radius 3 is 2.46 bits per heavy atom. The second-order valence-corrected chi connectivity index (χ2v) is 7.02. The Labute approximate surface area is 166 Å². The Morgan fingerprint density at radius 1 is 1.07 bits per heavy atom. The van der Waals surface area contributed by atoms with Crippen LogP contribution in [0.25, 0.3) is 0 Å². The largest absolute Gasteiger partial charge is 0.491 e. The first kappa shape index (κ1) is 20.1. The van der Waals surface area contributed by atoms with Gasteiger partial charge in [0.05, 0.1) is 6.61 Å². The van der Waals surface area contributed by atoms with Gasteiger partial charge in [0.2, 0.25) is 0 Å². The molecule has 0 spiro atoms. The Morgan fingerprint density at radius 2 is 1.82 bits per heavy atom. The molecule has 2 N–H and O–H groups in total. The number of halogens is 1. The predicted octanol–water partition coefficient (Wildman–Crippen LogP) is 3.25. The maximum Gasteiger partial charge on any atom is 0.191 e. The molecule has 1 saturated carbocycles. The molecule has 0 heterocycles. The summed E-state index contributed by atoms with van der Waals surface area (Å²) < 4.78 is 24.7. The lowest BCUT2D eigenvalue weighted by Crippen LogP contribution is -2.41. The molecule has 1 aliphatic rings. The van der Waals surface area contributed by atoms with Crippen molar-refractivity contribution in [2.24, 2.45) is 4.99 Å². The normalized spacial score (nSPS) is 15.2. The third-order valence-corrected chi connectivity index (χ3v) is 5.06.